The number of aromatic nitrogens is 1. The molecule has 0 radical (unpaired) electrons. The van der Waals surface area contributed by atoms with Gasteiger partial charge in [-0.05, 0) is 76.5 Å². The van der Waals surface area contributed by atoms with Crippen LogP contribution in [0, 0.1) is 5.41 Å². The average Bonchev–Trinajstić information content (AvgIpc) is 3.37. The van der Waals surface area contributed by atoms with Crippen LogP contribution in [0.4, 0.5) is 0 Å². The van der Waals surface area contributed by atoms with Crippen molar-refractivity contribution in [3.05, 3.63) is 132 Å². The molecule has 0 unspecified atom stereocenters. The van der Waals surface area contributed by atoms with Crippen LogP contribution in [0.2, 0.25) is 0 Å². The molecule has 6 aromatic rings. The largest absolute Gasteiger partial charge is 0.477 e. The Hall–Kier alpha value is -5.20. The summed E-state index contributed by atoms with van der Waals surface area (Å²) in [6, 6.07) is 37.4. The van der Waals surface area contributed by atoms with Gasteiger partial charge in [-0.2, -0.15) is 0 Å². The highest BCUT2D eigenvalue weighted by atomic mass is 16.5. The summed E-state index contributed by atoms with van der Waals surface area (Å²) in [7, 11) is 1.50. The number of ether oxygens (including phenoxy) is 1. The van der Waals surface area contributed by atoms with Crippen molar-refractivity contribution in [3.63, 3.8) is 0 Å². The summed E-state index contributed by atoms with van der Waals surface area (Å²) in [5.74, 6) is 0.409. The molecule has 1 heterocycles. The molecule has 40 heavy (non-hydrogen) atoms. The maximum absolute atomic E-state index is 12.1. The Labute approximate surface area is 232 Å². The van der Waals surface area contributed by atoms with Gasteiger partial charge in [0.1, 0.15) is 17.2 Å². The number of carbonyl (C=O) groups is 1. The lowest BCUT2D eigenvalue weighted by molar-refractivity contribution is 0.0686. The van der Waals surface area contributed by atoms with Gasteiger partial charge < -0.3 is 25.6 Å². The van der Waals surface area contributed by atoms with Crippen molar-refractivity contribution in [3.8, 4) is 22.6 Å². The summed E-state index contributed by atoms with van der Waals surface area (Å²) in [5.41, 5.74) is 9.40. The minimum atomic E-state index is -0.993. The maximum Gasteiger partial charge on any atom is 0.352 e. The molecule has 0 aliphatic heterocycles. The van der Waals surface area contributed by atoms with E-state index < -0.39 is 5.97 Å². The van der Waals surface area contributed by atoms with Crippen molar-refractivity contribution >= 4 is 33.9 Å². The van der Waals surface area contributed by atoms with E-state index in [1.807, 2.05) is 97.1 Å². The van der Waals surface area contributed by atoms with E-state index in [2.05, 4.69) is 17.9 Å². The van der Waals surface area contributed by atoms with Gasteiger partial charge in [-0.3, -0.25) is 0 Å². The first-order valence-corrected chi connectivity index (χ1v) is 12.9. The van der Waals surface area contributed by atoms with Gasteiger partial charge in [-0.15, -0.1) is 0 Å². The summed E-state index contributed by atoms with van der Waals surface area (Å²) in [6.45, 7) is 0.344. The normalized spacial score (nSPS) is 10.7. The van der Waals surface area contributed by atoms with Crippen molar-refractivity contribution in [2.24, 2.45) is 5.73 Å². The van der Waals surface area contributed by atoms with E-state index in [1.165, 1.54) is 13.3 Å². The molecular weight excluding hydrogens is 498 g/mol. The molecule has 0 amide bonds. The van der Waals surface area contributed by atoms with Crippen LogP contribution in [-0.2, 0) is 6.54 Å². The number of nitrogens with two attached hydrogens (primary N) is 1. The minimum absolute atomic E-state index is 0.203. The number of fused-ring (bicyclic) bond motifs is 2. The molecule has 4 N–H and O–H groups in total. The Morgan fingerprint density at radius 3 is 2.23 bits per heavy atom. The van der Waals surface area contributed by atoms with Crippen LogP contribution in [0.25, 0.3) is 32.8 Å². The summed E-state index contributed by atoms with van der Waals surface area (Å²) in [5, 5.41) is 20.4. The first-order chi connectivity index (χ1) is 19.6. The molecule has 0 saturated heterocycles. The van der Waals surface area contributed by atoms with Gasteiger partial charge in [0, 0.05) is 23.7 Å². The zero-order valence-electron chi connectivity index (χ0n) is 22.0. The molecule has 0 spiro atoms. The van der Waals surface area contributed by atoms with Gasteiger partial charge in [0.05, 0.1) is 0 Å². The molecule has 0 bridgehead atoms. The highest BCUT2D eigenvalue weighted by Crippen LogP contribution is 2.32. The number of nitrogens with one attached hydrogen (secondary N) is 1. The highest BCUT2D eigenvalue weighted by Gasteiger charge is 2.17. The van der Waals surface area contributed by atoms with Gasteiger partial charge in [-0.25, -0.2) is 4.79 Å². The highest BCUT2D eigenvalue weighted by molar-refractivity contribution is 5.97. The summed E-state index contributed by atoms with van der Waals surface area (Å²) < 4.78 is 8.08. The predicted octanol–water partition coefficient (Wildman–Crippen LogP) is 7.57. The van der Waals surface area contributed by atoms with Crippen molar-refractivity contribution in [1.82, 2.24) is 4.57 Å². The van der Waals surface area contributed by atoms with Crippen molar-refractivity contribution in [2.75, 3.05) is 7.05 Å². The van der Waals surface area contributed by atoms with Gasteiger partial charge in [0.25, 0.3) is 0 Å². The lowest BCUT2D eigenvalue weighted by atomic mass is 10.0. The fourth-order valence-electron chi connectivity index (χ4n) is 4.91. The molecule has 1 aromatic heterocycles. The summed E-state index contributed by atoms with van der Waals surface area (Å²) >= 11 is 0. The Morgan fingerprint density at radius 1 is 0.800 bits per heavy atom. The van der Waals surface area contributed by atoms with Crippen molar-refractivity contribution in [2.45, 2.75) is 6.54 Å². The van der Waals surface area contributed by atoms with Crippen molar-refractivity contribution in [1.29, 1.82) is 5.41 Å². The number of carboxylic acids is 1. The number of carboxylic acid groups (broad SMARTS) is 1. The topological polar surface area (TPSA) is 101 Å². The SMILES string of the molecule is CN.N=Cc1ccc2cc(C(=O)O)n(Cc3cc(Oc4ccc(-c5ccccc5)cc4)cc4ccccc34)c2c1. The smallest absolute Gasteiger partial charge is 0.352 e. The van der Waals surface area contributed by atoms with Gasteiger partial charge in [0.15, 0.2) is 0 Å². The molecule has 0 aliphatic carbocycles. The number of benzene rings is 5. The average molecular weight is 528 g/mol. The van der Waals surface area contributed by atoms with E-state index in [4.69, 9.17) is 10.1 Å². The minimum Gasteiger partial charge on any atom is -0.477 e. The lowest BCUT2D eigenvalue weighted by Gasteiger charge is -2.15. The van der Waals surface area contributed by atoms with E-state index in [0.717, 1.165) is 49.7 Å². The molecule has 0 atom stereocenters. The number of nitrogens with zero attached hydrogens (tertiary/aromatic N) is 1. The fourth-order valence-corrected chi connectivity index (χ4v) is 4.91. The second-order valence-electron chi connectivity index (χ2n) is 9.18. The maximum atomic E-state index is 12.1. The molecular formula is C34H29N3O3. The molecule has 6 rings (SSSR count). The quantitative estimate of drug-likeness (QED) is 0.186. The van der Waals surface area contributed by atoms with Crippen molar-refractivity contribution < 1.29 is 14.6 Å². The zero-order valence-corrected chi connectivity index (χ0v) is 22.0. The lowest BCUT2D eigenvalue weighted by Crippen LogP contribution is -2.10. The van der Waals surface area contributed by atoms with Gasteiger partial charge >= 0.3 is 5.97 Å². The Bertz CT molecular complexity index is 1810. The fraction of sp³-hybridized carbons (Fsp3) is 0.0588. The third kappa shape index (κ3) is 5.34. The number of rotatable bonds is 7. The third-order valence-corrected chi connectivity index (χ3v) is 6.76. The molecule has 6 nitrogen and oxygen atoms in total. The van der Waals surface area contributed by atoms with E-state index >= 15 is 0 Å². The third-order valence-electron chi connectivity index (χ3n) is 6.76. The first-order valence-electron chi connectivity index (χ1n) is 12.9. The Balaban J connectivity index is 0.00000158. The first kappa shape index (κ1) is 26.4. The molecule has 0 aliphatic rings. The van der Waals surface area contributed by atoms with Crippen LogP contribution in [0.15, 0.2) is 115 Å². The van der Waals surface area contributed by atoms with Crippen LogP contribution in [0.3, 0.4) is 0 Å². The summed E-state index contributed by atoms with van der Waals surface area (Å²) in [4.78, 5) is 12.1. The second-order valence-corrected chi connectivity index (χ2v) is 9.18. The van der Waals surface area contributed by atoms with E-state index in [-0.39, 0.29) is 5.69 Å². The second kappa shape index (κ2) is 11.7. The molecule has 198 valence electrons. The van der Waals surface area contributed by atoms with Crippen LogP contribution >= 0.6 is 0 Å². The summed E-state index contributed by atoms with van der Waals surface area (Å²) in [6.07, 6.45) is 1.27. The van der Waals surface area contributed by atoms with Crippen LogP contribution in [-0.4, -0.2) is 28.9 Å². The Kier molecular flexibility index (Phi) is 7.71. The van der Waals surface area contributed by atoms with E-state index in [1.54, 1.807) is 10.6 Å². The zero-order chi connectivity index (χ0) is 28.1. The van der Waals surface area contributed by atoms with Gasteiger partial charge in [0.2, 0.25) is 0 Å². The van der Waals surface area contributed by atoms with Crippen LogP contribution in [0.1, 0.15) is 21.6 Å². The van der Waals surface area contributed by atoms with Crippen LogP contribution in [0.5, 0.6) is 11.5 Å². The molecule has 0 fully saturated rings. The number of hydrogen-bond acceptors (Lipinski definition) is 4. The monoisotopic (exact) mass is 527 g/mol. The molecule has 5 aromatic carbocycles. The van der Waals surface area contributed by atoms with E-state index in [0.29, 0.717) is 12.3 Å². The number of aromatic carboxylic acids is 1. The van der Waals surface area contributed by atoms with E-state index in [9.17, 15) is 9.90 Å². The van der Waals surface area contributed by atoms with Crippen LogP contribution < -0.4 is 10.5 Å². The Morgan fingerprint density at radius 2 is 1.50 bits per heavy atom. The molecule has 0 saturated carbocycles. The number of hydrogen-bond donors (Lipinski definition) is 3. The standard InChI is InChI=1S/C33H24N2O3.CH5N/c34-20-22-10-11-26-19-32(33(36)37)35(31(26)16-22)21-27-18-29(17-25-8-4-5-9-30(25)27)38-28-14-12-24(13-15-28)23-6-2-1-3-7-23;1-2/h1-20,34H,21H2,(H,36,37);2H2,1H3. The predicted molar refractivity (Wildman–Crippen MR) is 162 cm³/mol. The molecule has 6 heteroatoms. The van der Waals surface area contributed by atoms with Gasteiger partial charge in [-0.1, -0.05) is 78.9 Å².